The van der Waals surface area contributed by atoms with Crippen molar-refractivity contribution >= 4 is 40.1 Å². The number of hydrogen-bond donors (Lipinski definition) is 3. The first kappa shape index (κ1) is 22.7. The monoisotopic (exact) mass is 495 g/mol. The zero-order chi connectivity index (χ0) is 25.2. The van der Waals surface area contributed by atoms with Gasteiger partial charge in [0.2, 0.25) is 5.95 Å². The molecule has 10 heteroatoms. The van der Waals surface area contributed by atoms with Gasteiger partial charge in [-0.2, -0.15) is 4.98 Å². The largest absolute Gasteiger partial charge is 0.417 e. The smallest absolute Gasteiger partial charge is 0.408 e. The predicted molar refractivity (Wildman–Crippen MR) is 143 cm³/mol. The Morgan fingerprint density at radius 2 is 1.68 bits per heavy atom. The number of fused-ring (bicyclic) bond motifs is 1. The van der Waals surface area contributed by atoms with Crippen molar-refractivity contribution in [2.75, 3.05) is 41.8 Å². The average molecular weight is 496 g/mol. The van der Waals surface area contributed by atoms with Gasteiger partial charge in [0.05, 0.1) is 18.7 Å². The van der Waals surface area contributed by atoms with Crippen LogP contribution in [-0.2, 0) is 4.74 Å². The molecule has 1 aliphatic rings. The first-order valence-corrected chi connectivity index (χ1v) is 12.0. The molecule has 0 saturated carbocycles. The Balaban J connectivity index is 1.15. The minimum Gasteiger partial charge on any atom is -0.408 e. The van der Waals surface area contributed by atoms with Crippen molar-refractivity contribution in [1.82, 2.24) is 19.9 Å². The normalized spacial score (nSPS) is 13.6. The lowest BCUT2D eigenvalue weighted by Crippen LogP contribution is -2.36. The summed E-state index contributed by atoms with van der Waals surface area (Å²) in [5.74, 6) is 1.62. The second-order valence-corrected chi connectivity index (χ2v) is 8.78. The second kappa shape index (κ2) is 9.75. The van der Waals surface area contributed by atoms with Crippen molar-refractivity contribution in [3.8, 4) is 11.1 Å². The molecule has 0 bridgehead atoms. The van der Waals surface area contributed by atoms with Crippen LogP contribution in [0, 0.1) is 6.92 Å². The Morgan fingerprint density at radius 3 is 2.46 bits per heavy atom. The zero-order valence-corrected chi connectivity index (χ0v) is 20.2. The van der Waals surface area contributed by atoms with Gasteiger partial charge >= 0.3 is 5.76 Å². The topological polar surface area (TPSA) is 121 Å². The van der Waals surface area contributed by atoms with Gasteiger partial charge in [-0.05, 0) is 55.0 Å². The number of ether oxygens (including phenoxy) is 1. The van der Waals surface area contributed by atoms with Gasteiger partial charge in [0.1, 0.15) is 11.6 Å². The molecule has 6 rings (SSSR count). The third-order valence-corrected chi connectivity index (χ3v) is 6.21. The third kappa shape index (κ3) is 5.00. The number of aromatic amines is 1. The van der Waals surface area contributed by atoms with E-state index in [4.69, 9.17) is 9.15 Å². The number of pyridine rings is 1. The Bertz CT molecular complexity index is 1590. The van der Waals surface area contributed by atoms with Gasteiger partial charge in [0, 0.05) is 48.0 Å². The number of nitrogens with one attached hydrogen (secondary N) is 3. The maximum Gasteiger partial charge on any atom is 0.417 e. The minimum atomic E-state index is -0.482. The summed E-state index contributed by atoms with van der Waals surface area (Å²) in [5, 5.41) is 6.55. The van der Waals surface area contributed by atoms with Crippen LogP contribution in [0.25, 0.3) is 22.2 Å². The molecule has 4 heterocycles. The fourth-order valence-electron chi connectivity index (χ4n) is 4.21. The van der Waals surface area contributed by atoms with Crippen LogP contribution in [0.1, 0.15) is 5.56 Å². The molecular weight excluding hydrogens is 470 g/mol. The maximum absolute atomic E-state index is 11.4. The maximum atomic E-state index is 11.4. The lowest BCUT2D eigenvalue weighted by molar-refractivity contribution is 0.122. The van der Waals surface area contributed by atoms with Crippen LogP contribution >= 0.6 is 0 Å². The first-order chi connectivity index (χ1) is 18.1. The van der Waals surface area contributed by atoms with Crippen LogP contribution in [0.4, 0.5) is 29.0 Å². The fourth-order valence-corrected chi connectivity index (χ4v) is 4.21. The van der Waals surface area contributed by atoms with Crippen molar-refractivity contribution < 1.29 is 9.15 Å². The Morgan fingerprint density at radius 1 is 0.892 bits per heavy atom. The van der Waals surface area contributed by atoms with E-state index >= 15 is 0 Å². The molecule has 0 unspecified atom stereocenters. The lowest BCUT2D eigenvalue weighted by Gasteiger charge is -2.27. The van der Waals surface area contributed by atoms with E-state index in [2.05, 4.69) is 47.6 Å². The molecule has 0 spiro atoms. The predicted octanol–water partition coefficient (Wildman–Crippen LogP) is 4.61. The van der Waals surface area contributed by atoms with E-state index in [9.17, 15) is 4.79 Å². The molecule has 0 atom stereocenters. The number of aryl methyl sites for hydroxylation is 1. The van der Waals surface area contributed by atoms with Crippen LogP contribution in [0.5, 0.6) is 0 Å². The molecule has 0 amide bonds. The molecule has 3 N–H and O–H groups in total. The van der Waals surface area contributed by atoms with Crippen molar-refractivity contribution in [3.63, 3.8) is 0 Å². The van der Waals surface area contributed by atoms with E-state index in [1.807, 2.05) is 43.5 Å². The van der Waals surface area contributed by atoms with Gasteiger partial charge in [-0.15, -0.1) is 0 Å². The van der Waals surface area contributed by atoms with Crippen LogP contribution in [-0.4, -0.2) is 46.2 Å². The SMILES string of the molecule is Cc1cnc(Nc2ccc(-c3ccc(N4CCOCC4)nc3)cc2)nc1Nc1ccc2oc(=O)[nH]c2c1. The number of hydrogen-bond acceptors (Lipinski definition) is 9. The Labute approximate surface area is 212 Å². The van der Waals surface area contributed by atoms with Gasteiger partial charge in [-0.25, -0.2) is 14.8 Å². The fraction of sp³-hybridized carbons (Fsp3) is 0.185. The van der Waals surface area contributed by atoms with E-state index in [0.717, 1.165) is 60.2 Å². The third-order valence-electron chi connectivity index (χ3n) is 6.21. The molecule has 186 valence electrons. The Hall–Kier alpha value is -4.70. The van der Waals surface area contributed by atoms with Gasteiger partial charge in [-0.1, -0.05) is 12.1 Å². The quantitative estimate of drug-likeness (QED) is 0.310. The number of anilines is 5. The molecule has 1 fully saturated rings. The number of rotatable bonds is 6. The summed E-state index contributed by atoms with van der Waals surface area (Å²) in [5.41, 5.74) is 5.78. The average Bonchev–Trinajstić information content (AvgIpc) is 3.31. The lowest BCUT2D eigenvalue weighted by atomic mass is 10.1. The molecule has 5 aromatic rings. The number of benzene rings is 2. The van der Waals surface area contributed by atoms with Gasteiger partial charge in [0.15, 0.2) is 5.58 Å². The highest BCUT2D eigenvalue weighted by Crippen LogP contribution is 2.26. The highest BCUT2D eigenvalue weighted by atomic mass is 16.5. The summed E-state index contributed by atoms with van der Waals surface area (Å²) in [6.45, 7) is 5.14. The highest BCUT2D eigenvalue weighted by molar-refractivity contribution is 5.78. The molecule has 3 aromatic heterocycles. The number of morpholine rings is 1. The van der Waals surface area contributed by atoms with Crippen molar-refractivity contribution in [2.24, 2.45) is 0 Å². The summed E-state index contributed by atoms with van der Waals surface area (Å²) in [7, 11) is 0. The molecule has 2 aromatic carbocycles. The van der Waals surface area contributed by atoms with Crippen LogP contribution < -0.4 is 21.3 Å². The summed E-state index contributed by atoms with van der Waals surface area (Å²) < 4.78 is 10.5. The van der Waals surface area contributed by atoms with Crippen molar-refractivity contribution in [3.05, 3.63) is 83.1 Å². The van der Waals surface area contributed by atoms with E-state index < -0.39 is 5.76 Å². The van der Waals surface area contributed by atoms with E-state index in [0.29, 0.717) is 22.9 Å². The van der Waals surface area contributed by atoms with Crippen LogP contribution in [0.3, 0.4) is 0 Å². The number of H-pyrrole nitrogens is 1. The van der Waals surface area contributed by atoms with Crippen LogP contribution in [0.15, 0.2) is 76.2 Å². The second-order valence-electron chi connectivity index (χ2n) is 8.78. The zero-order valence-electron chi connectivity index (χ0n) is 20.2. The summed E-state index contributed by atoms with van der Waals surface area (Å²) in [6, 6.07) is 17.6. The Kier molecular flexibility index (Phi) is 5.99. The summed E-state index contributed by atoms with van der Waals surface area (Å²) >= 11 is 0. The standard InChI is InChI=1S/C27H25N7O3/c1-17-15-29-26(33-25(17)30-21-7-8-23-22(14-21)32-27(35)37-23)31-20-5-2-18(3-6-20)19-4-9-24(28-16-19)34-10-12-36-13-11-34/h2-9,14-16H,10-13H2,1H3,(H,32,35)(H2,29,30,31,33). The van der Waals surface area contributed by atoms with Gasteiger partial charge < -0.3 is 24.7 Å². The first-order valence-electron chi connectivity index (χ1n) is 12.0. The van der Waals surface area contributed by atoms with Gasteiger partial charge in [-0.3, -0.25) is 4.98 Å². The highest BCUT2D eigenvalue weighted by Gasteiger charge is 2.12. The number of nitrogens with zero attached hydrogens (tertiary/aromatic N) is 4. The van der Waals surface area contributed by atoms with Crippen molar-refractivity contribution in [1.29, 1.82) is 0 Å². The molecule has 0 radical (unpaired) electrons. The molecule has 1 aliphatic heterocycles. The molecule has 1 saturated heterocycles. The molecular formula is C27H25N7O3. The van der Waals surface area contributed by atoms with Crippen molar-refractivity contribution in [2.45, 2.75) is 6.92 Å². The van der Waals surface area contributed by atoms with Crippen LogP contribution in [0.2, 0.25) is 0 Å². The molecule has 37 heavy (non-hydrogen) atoms. The summed E-state index contributed by atoms with van der Waals surface area (Å²) in [6.07, 6.45) is 3.66. The molecule has 0 aliphatic carbocycles. The van der Waals surface area contributed by atoms with E-state index in [1.165, 1.54) is 0 Å². The van der Waals surface area contributed by atoms with E-state index in [-0.39, 0.29) is 0 Å². The van der Waals surface area contributed by atoms with Gasteiger partial charge in [0.25, 0.3) is 0 Å². The number of oxazole rings is 1. The summed E-state index contributed by atoms with van der Waals surface area (Å²) in [4.78, 5) is 30.0. The number of aromatic nitrogens is 4. The molecule has 10 nitrogen and oxygen atoms in total. The van der Waals surface area contributed by atoms with E-state index in [1.54, 1.807) is 18.3 Å². The minimum absolute atomic E-state index is 0.468.